The quantitative estimate of drug-likeness (QED) is 0.0197. The largest absolute Gasteiger partial charge is 0.481 e. The van der Waals surface area contributed by atoms with Crippen LogP contribution in [0.1, 0.15) is 122 Å². The number of carbonyl (C=O) groups excluding carboxylic acids is 11. The second-order valence-electron chi connectivity index (χ2n) is 27.8. The molecular weight excluding hydrogens is 1360 g/mol. The Morgan fingerprint density at radius 3 is 1.56 bits per heavy atom. The van der Waals surface area contributed by atoms with E-state index in [2.05, 4.69) is 62.5 Å². The molecule has 3 aliphatic rings. The molecule has 8 rings (SSSR count). The van der Waals surface area contributed by atoms with Crippen molar-refractivity contribution in [3.63, 3.8) is 0 Å². The van der Waals surface area contributed by atoms with E-state index in [4.69, 9.17) is 11.5 Å². The number of hydrogen-bond donors (Lipinski definition) is 17. The molecule has 0 aliphatic carbocycles. The van der Waals surface area contributed by atoms with E-state index in [1.165, 1.54) is 27.2 Å². The highest BCUT2D eigenvalue weighted by atomic mass is 16.4. The Kier molecular flexibility index (Phi) is 29.0. The van der Waals surface area contributed by atoms with Gasteiger partial charge in [-0.2, -0.15) is 0 Å². The average molecular weight is 1460 g/mol. The molecule has 3 saturated heterocycles. The molecule has 12 atom stereocenters. The number of hydrogen-bond acceptors (Lipinski definition) is 18. The third-order valence-electron chi connectivity index (χ3n) is 19.3. The number of fused-ring (bicyclic) bond motifs is 2. The number of carbonyl (C=O) groups is 13. The number of carboxylic acids is 2. The lowest BCUT2D eigenvalue weighted by atomic mass is 9.99. The summed E-state index contributed by atoms with van der Waals surface area (Å²) in [5.74, 6) is -12.2. The molecule has 3 aromatic heterocycles. The third-order valence-corrected chi connectivity index (χ3v) is 19.3. The fourth-order valence-electron chi connectivity index (χ4n) is 13.7. The minimum Gasteiger partial charge on any atom is -0.481 e. The molecule has 34 nitrogen and oxygen atoms in total. The van der Waals surface area contributed by atoms with Crippen LogP contribution in [-0.2, 0) is 81.6 Å². The summed E-state index contributed by atoms with van der Waals surface area (Å²) in [6.45, 7) is 5.86. The van der Waals surface area contributed by atoms with Crippen LogP contribution in [0.5, 0.6) is 0 Å². The molecule has 34 heteroatoms. The molecule has 2 aromatic carbocycles. The number of unbranched alkanes of at least 4 members (excludes halogenated alkanes) is 1. The van der Waals surface area contributed by atoms with Crippen molar-refractivity contribution in [2.24, 2.45) is 23.3 Å². The molecular formula is C71H99N17O17. The first-order chi connectivity index (χ1) is 50.2. The second-order valence-corrected chi connectivity index (χ2v) is 27.8. The standard InChI is InChI=1S/C71H99N17O17/c1-38(2)28-50(63(96)78-48(18-9-10-24-72)62(95)85-59(39(3)4)70(103)87-26-12-20-56(87)67(100)84-54(36-90)71(104)105)82-66(99)55-19-11-25-86(55)69(102)57-21-13-27-88(57)68(101)53(30-41-33-76-47-17-8-6-15-44(41)47)83-61(94)49(22-23-58(91)92)79-64(97)51(29-40-32-75-46-16-7-5-14-43(40)46)81-65(98)52(31-42-34-74-37-77-42)80-60(93)45(73)35-89/h5-8,14-17,32-34,37-39,45,48-57,59,75-76,89-90H,9-13,18-31,35-36,72-73H2,1-4H3,(H,74,77)(H,78,96)(H,79,97)(H,80,93)(H,81,98)(H,82,99)(H,83,94)(H,84,100)(H,85,95)(H,91,92)(H,104,105)/t45-,48-,49-,50-,51-,52-,53-,54-,55-,56-,57-,59-/m0/s1. The van der Waals surface area contributed by atoms with E-state index in [1.54, 1.807) is 74.8 Å². The lowest BCUT2D eigenvalue weighted by Crippen LogP contribution is -2.61. The lowest BCUT2D eigenvalue weighted by molar-refractivity contribution is -0.148. The summed E-state index contributed by atoms with van der Waals surface area (Å²) in [7, 11) is 0. The SMILES string of the molecule is CC(C)C[C@H](NC(=O)[C@@H]1CCCN1C(=O)[C@@H]1CCCN1C(=O)[C@H](Cc1c[nH]c2ccccc12)NC(=O)[C@H](CCC(=O)O)NC(=O)[C@H](Cc1c[nH]c2ccccc12)NC(=O)[C@H](Cc1cnc[nH]1)NC(=O)[C@@H](N)CO)C(=O)N[C@@H](CCCCN)C(=O)N[C@H](C(=O)N1CCC[C@H]1C(=O)N[C@@H](CO)C(=O)O)C(C)C. The third kappa shape index (κ3) is 21.2. The van der Waals surface area contributed by atoms with Gasteiger partial charge in [0, 0.05) is 91.4 Å². The number of benzene rings is 2. The fourth-order valence-corrected chi connectivity index (χ4v) is 13.7. The number of aliphatic hydroxyl groups excluding tert-OH is 2. The highest BCUT2D eigenvalue weighted by Gasteiger charge is 2.46. The number of aliphatic carboxylic acids is 2. The first kappa shape index (κ1) is 80.4. The Hall–Kier alpha value is -10.3. The van der Waals surface area contributed by atoms with Gasteiger partial charge in [-0.05, 0) is 112 Å². The number of H-pyrrole nitrogens is 3. The highest BCUT2D eigenvalue weighted by molar-refractivity contribution is 6.01. The van der Waals surface area contributed by atoms with Gasteiger partial charge in [-0.3, -0.25) is 57.5 Å². The number of carboxylic acid groups (broad SMARTS) is 2. The molecule has 0 radical (unpaired) electrons. The summed E-state index contributed by atoms with van der Waals surface area (Å²) >= 11 is 0. The van der Waals surface area contributed by atoms with E-state index in [0.717, 1.165) is 0 Å². The van der Waals surface area contributed by atoms with Gasteiger partial charge in [-0.15, -0.1) is 0 Å². The first-order valence-electron chi connectivity index (χ1n) is 35.8. The second kappa shape index (κ2) is 37.9. The maximum Gasteiger partial charge on any atom is 0.328 e. The summed E-state index contributed by atoms with van der Waals surface area (Å²) in [4.78, 5) is 200. The van der Waals surface area contributed by atoms with Crippen LogP contribution in [0.15, 0.2) is 73.4 Å². The maximum atomic E-state index is 15.5. The van der Waals surface area contributed by atoms with E-state index in [0.29, 0.717) is 70.7 Å². The first-order valence-corrected chi connectivity index (χ1v) is 35.8. The van der Waals surface area contributed by atoms with Crippen LogP contribution in [0.25, 0.3) is 21.8 Å². The number of imidazole rings is 1. The molecule has 3 fully saturated rings. The smallest absolute Gasteiger partial charge is 0.328 e. The van der Waals surface area contributed by atoms with Crippen molar-refractivity contribution >= 4 is 98.7 Å². The molecule has 105 heavy (non-hydrogen) atoms. The molecule has 570 valence electrons. The molecule has 6 heterocycles. The minimum absolute atomic E-state index is 0.0292. The van der Waals surface area contributed by atoms with Gasteiger partial charge in [0.2, 0.25) is 65.0 Å². The van der Waals surface area contributed by atoms with Gasteiger partial charge in [-0.1, -0.05) is 64.1 Å². The number of nitrogens with zero attached hydrogens (tertiary/aromatic N) is 4. The number of nitrogens with one attached hydrogen (secondary N) is 11. The predicted molar refractivity (Wildman–Crippen MR) is 380 cm³/mol. The summed E-state index contributed by atoms with van der Waals surface area (Å²) in [5, 5.41) is 61.4. The zero-order chi connectivity index (χ0) is 76.2. The number of rotatable bonds is 38. The summed E-state index contributed by atoms with van der Waals surface area (Å²) in [5.41, 5.74) is 14.6. The van der Waals surface area contributed by atoms with Crippen molar-refractivity contribution in [3.05, 3.63) is 90.3 Å². The van der Waals surface area contributed by atoms with Gasteiger partial charge < -0.3 is 104 Å². The minimum atomic E-state index is -1.68. The van der Waals surface area contributed by atoms with Crippen molar-refractivity contribution in [1.82, 2.24) is 77.2 Å². The van der Waals surface area contributed by atoms with E-state index >= 15 is 14.4 Å². The van der Waals surface area contributed by atoms with Gasteiger partial charge in [0.1, 0.15) is 72.5 Å². The molecule has 5 aromatic rings. The molecule has 0 spiro atoms. The van der Waals surface area contributed by atoms with Gasteiger partial charge in [0.25, 0.3) is 0 Å². The Labute approximate surface area is 605 Å². The Bertz CT molecular complexity index is 3900. The van der Waals surface area contributed by atoms with Gasteiger partial charge in [-0.25, -0.2) is 9.78 Å². The van der Waals surface area contributed by atoms with E-state index in [9.17, 15) is 68.4 Å². The van der Waals surface area contributed by atoms with Crippen LogP contribution in [0, 0.1) is 11.8 Å². The van der Waals surface area contributed by atoms with Crippen LogP contribution in [0.4, 0.5) is 0 Å². The summed E-state index contributed by atoms with van der Waals surface area (Å²) in [6.07, 6.45) is 6.85. The van der Waals surface area contributed by atoms with Crippen molar-refractivity contribution in [3.8, 4) is 0 Å². The molecule has 3 aliphatic heterocycles. The van der Waals surface area contributed by atoms with Crippen molar-refractivity contribution in [1.29, 1.82) is 0 Å². The maximum absolute atomic E-state index is 15.5. The topological polar surface area (TPSA) is 521 Å². The molecule has 19 N–H and O–H groups in total. The number of aromatic nitrogens is 4. The van der Waals surface area contributed by atoms with Crippen molar-refractivity contribution in [2.45, 2.75) is 197 Å². The van der Waals surface area contributed by atoms with E-state index in [1.807, 2.05) is 13.8 Å². The molecule has 0 unspecified atom stereocenters. The number of nitrogens with two attached hydrogens (primary N) is 2. The van der Waals surface area contributed by atoms with Crippen LogP contribution in [-0.4, -0.2) is 244 Å². The summed E-state index contributed by atoms with van der Waals surface area (Å²) in [6, 6.07) is -1.92. The molecule has 0 bridgehead atoms. The van der Waals surface area contributed by atoms with Crippen molar-refractivity contribution < 1.29 is 82.8 Å². The number of para-hydroxylation sites is 2. The van der Waals surface area contributed by atoms with Gasteiger partial charge in [0.05, 0.1) is 19.5 Å². The number of aliphatic hydroxyl groups is 2. The fraction of sp³-hybridized carbons (Fsp3) is 0.549. The zero-order valence-electron chi connectivity index (χ0n) is 59.4. The normalized spacial score (nSPS) is 18.5. The zero-order valence-corrected chi connectivity index (χ0v) is 59.4. The average Bonchev–Trinajstić information content (AvgIpc) is 1.68. The van der Waals surface area contributed by atoms with Crippen molar-refractivity contribution in [2.75, 3.05) is 39.4 Å². The molecule has 0 saturated carbocycles. The number of aromatic amines is 3. The van der Waals surface area contributed by atoms with Crippen LogP contribution < -0.4 is 54.0 Å². The van der Waals surface area contributed by atoms with E-state index < -0.39 is 181 Å². The van der Waals surface area contributed by atoms with Gasteiger partial charge in [0.15, 0.2) is 0 Å². The lowest BCUT2D eigenvalue weighted by Gasteiger charge is -2.34. The highest BCUT2D eigenvalue weighted by Crippen LogP contribution is 2.29. The predicted octanol–water partition coefficient (Wildman–Crippen LogP) is -1.66. The van der Waals surface area contributed by atoms with E-state index in [-0.39, 0.29) is 83.5 Å². The Balaban J connectivity index is 1.00. The van der Waals surface area contributed by atoms with Gasteiger partial charge >= 0.3 is 11.9 Å². The van der Waals surface area contributed by atoms with Crippen LogP contribution in [0.3, 0.4) is 0 Å². The number of amides is 11. The molecule has 11 amide bonds. The Morgan fingerprint density at radius 2 is 1.02 bits per heavy atom. The van der Waals surface area contributed by atoms with Crippen LogP contribution in [0.2, 0.25) is 0 Å². The monoisotopic (exact) mass is 1460 g/mol. The van der Waals surface area contributed by atoms with Crippen LogP contribution >= 0.6 is 0 Å². The number of likely N-dealkylation sites (tertiary alicyclic amines) is 3. The summed E-state index contributed by atoms with van der Waals surface area (Å²) < 4.78 is 0. The Morgan fingerprint density at radius 1 is 0.533 bits per heavy atom.